The van der Waals surface area contributed by atoms with Crippen LogP contribution in [0, 0.1) is 0 Å². The molecule has 0 aromatic heterocycles. The molecule has 1 aromatic rings. The van der Waals surface area contributed by atoms with Crippen LogP contribution in [0.4, 0.5) is 18.9 Å². The first-order valence-corrected chi connectivity index (χ1v) is 4.92. The van der Waals surface area contributed by atoms with E-state index < -0.39 is 12.7 Å². The van der Waals surface area contributed by atoms with Gasteiger partial charge in [-0.1, -0.05) is 12.1 Å². The number of halogens is 3. The topological polar surface area (TPSA) is 15.3 Å². The molecule has 0 bridgehead atoms. The van der Waals surface area contributed by atoms with Crippen LogP contribution in [0.25, 0.3) is 0 Å². The minimum atomic E-state index is -4.15. The molecule has 0 aliphatic heterocycles. The van der Waals surface area contributed by atoms with Crippen molar-refractivity contribution >= 4 is 5.69 Å². The molecule has 0 heterocycles. The van der Waals surface area contributed by atoms with Gasteiger partial charge in [-0.3, -0.25) is 0 Å². The van der Waals surface area contributed by atoms with Crippen molar-refractivity contribution in [1.82, 2.24) is 5.32 Å². The Bertz CT molecular complexity index is 334. The highest BCUT2D eigenvalue weighted by Crippen LogP contribution is 2.15. The number of nitrogens with one attached hydrogen (secondary N) is 1. The van der Waals surface area contributed by atoms with E-state index in [0.717, 1.165) is 11.3 Å². The van der Waals surface area contributed by atoms with Crippen molar-refractivity contribution in [3.05, 3.63) is 29.8 Å². The molecule has 0 radical (unpaired) electrons. The van der Waals surface area contributed by atoms with Crippen molar-refractivity contribution in [2.24, 2.45) is 0 Å². The summed E-state index contributed by atoms with van der Waals surface area (Å²) < 4.78 is 35.7. The van der Waals surface area contributed by atoms with E-state index in [1.807, 2.05) is 37.2 Å². The average molecular weight is 232 g/mol. The first-order chi connectivity index (χ1) is 7.38. The highest BCUT2D eigenvalue weighted by molar-refractivity contribution is 5.47. The lowest BCUT2D eigenvalue weighted by molar-refractivity contribution is -0.125. The molecule has 5 heteroatoms. The Morgan fingerprint density at radius 2 is 1.94 bits per heavy atom. The monoisotopic (exact) mass is 232 g/mol. The smallest absolute Gasteiger partial charge is 0.378 e. The Morgan fingerprint density at radius 3 is 2.50 bits per heavy atom. The lowest BCUT2D eigenvalue weighted by Crippen LogP contribution is -2.28. The first-order valence-electron chi connectivity index (χ1n) is 4.92. The molecule has 0 saturated carbocycles. The summed E-state index contributed by atoms with van der Waals surface area (Å²) in [4.78, 5) is 1.91. The SMILES string of the molecule is CN(C)c1cccc(CNCC(F)(F)F)c1. The van der Waals surface area contributed by atoms with Gasteiger partial charge in [0.25, 0.3) is 0 Å². The summed E-state index contributed by atoms with van der Waals surface area (Å²) in [5.74, 6) is 0. The second-order valence-electron chi connectivity index (χ2n) is 3.78. The highest BCUT2D eigenvalue weighted by Gasteiger charge is 2.25. The molecule has 1 rings (SSSR count). The molecular weight excluding hydrogens is 217 g/mol. The van der Waals surface area contributed by atoms with Gasteiger partial charge in [-0.05, 0) is 17.7 Å². The van der Waals surface area contributed by atoms with Crippen LogP contribution in [0.5, 0.6) is 0 Å². The standard InChI is InChI=1S/C11H15F3N2/c1-16(2)10-5-3-4-9(6-10)7-15-8-11(12,13)14/h3-6,15H,7-8H2,1-2H3. The normalized spacial score (nSPS) is 11.6. The molecule has 0 unspecified atom stereocenters. The molecule has 2 nitrogen and oxygen atoms in total. The molecule has 0 spiro atoms. The van der Waals surface area contributed by atoms with E-state index in [2.05, 4.69) is 5.32 Å². The van der Waals surface area contributed by atoms with Crippen molar-refractivity contribution in [2.75, 3.05) is 25.5 Å². The van der Waals surface area contributed by atoms with Crippen molar-refractivity contribution in [2.45, 2.75) is 12.7 Å². The summed E-state index contributed by atoms with van der Waals surface area (Å²) in [5.41, 5.74) is 1.82. The van der Waals surface area contributed by atoms with Crippen LogP contribution in [0.2, 0.25) is 0 Å². The Balaban J connectivity index is 2.51. The fraction of sp³-hybridized carbons (Fsp3) is 0.455. The largest absolute Gasteiger partial charge is 0.401 e. The number of nitrogens with zero attached hydrogens (tertiary/aromatic N) is 1. The Kier molecular flexibility index (Phi) is 4.18. The Morgan fingerprint density at radius 1 is 1.25 bits per heavy atom. The number of hydrogen-bond acceptors (Lipinski definition) is 2. The summed E-state index contributed by atoms with van der Waals surface area (Å²) in [7, 11) is 3.78. The van der Waals surface area contributed by atoms with Crippen LogP contribution in [0.15, 0.2) is 24.3 Å². The summed E-state index contributed by atoms with van der Waals surface area (Å²) in [6.45, 7) is -0.736. The first kappa shape index (κ1) is 12.8. The predicted molar refractivity (Wildman–Crippen MR) is 58.5 cm³/mol. The van der Waals surface area contributed by atoms with Crippen LogP contribution in [-0.4, -0.2) is 26.8 Å². The van der Waals surface area contributed by atoms with E-state index in [-0.39, 0.29) is 6.54 Å². The van der Waals surface area contributed by atoms with E-state index in [9.17, 15) is 13.2 Å². The number of alkyl halides is 3. The van der Waals surface area contributed by atoms with E-state index in [1.54, 1.807) is 6.07 Å². The molecule has 0 aliphatic rings. The van der Waals surface area contributed by atoms with Gasteiger partial charge < -0.3 is 10.2 Å². The van der Waals surface area contributed by atoms with Crippen LogP contribution in [-0.2, 0) is 6.54 Å². The third kappa shape index (κ3) is 4.53. The maximum atomic E-state index is 11.9. The van der Waals surface area contributed by atoms with E-state index >= 15 is 0 Å². The van der Waals surface area contributed by atoms with Gasteiger partial charge in [0.1, 0.15) is 0 Å². The van der Waals surface area contributed by atoms with Gasteiger partial charge in [-0.15, -0.1) is 0 Å². The second kappa shape index (κ2) is 5.21. The van der Waals surface area contributed by atoms with Gasteiger partial charge in [0.15, 0.2) is 0 Å². The molecule has 16 heavy (non-hydrogen) atoms. The third-order valence-corrected chi connectivity index (χ3v) is 2.08. The molecule has 1 aromatic carbocycles. The summed E-state index contributed by atoms with van der Waals surface area (Å²) in [5, 5.41) is 2.36. The zero-order valence-electron chi connectivity index (χ0n) is 9.30. The number of rotatable bonds is 4. The fourth-order valence-electron chi connectivity index (χ4n) is 1.29. The maximum Gasteiger partial charge on any atom is 0.401 e. The van der Waals surface area contributed by atoms with Gasteiger partial charge in [0, 0.05) is 26.3 Å². The molecule has 0 saturated heterocycles. The van der Waals surface area contributed by atoms with Crippen molar-refractivity contribution < 1.29 is 13.2 Å². The van der Waals surface area contributed by atoms with Gasteiger partial charge >= 0.3 is 6.18 Å². The third-order valence-electron chi connectivity index (χ3n) is 2.08. The van der Waals surface area contributed by atoms with Crippen molar-refractivity contribution in [3.63, 3.8) is 0 Å². The second-order valence-corrected chi connectivity index (χ2v) is 3.78. The van der Waals surface area contributed by atoms with Crippen molar-refractivity contribution in [3.8, 4) is 0 Å². The van der Waals surface area contributed by atoms with Crippen LogP contribution in [0.3, 0.4) is 0 Å². The summed E-state index contributed by atoms with van der Waals surface area (Å²) in [6.07, 6.45) is -4.15. The van der Waals surface area contributed by atoms with Crippen molar-refractivity contribution in [1.29, 1.82) is 0 Å². The van der Waals surface area contributed by atoms with Gasteiger partial charge in [-0.25, -0.2) is 0 Å². The minimum Gasteiger partial charge on any atom is -0.378 e. The average Bonchev–Trinajstić information content (AvgIpc) is 2.16. The molecule has 1 N–H and O–H groups in total. The quantitative estimate of drug-likeness (QED) is 0.857. The molecular formula is C11H15F3N2. The van der Waals surface area contributed by atoms with Gasteiger partial charge in [0.2, 0.25) is 0 Å². The van der Waals surface area contributed by atoms with Crippen LogP contribution < -0.4 is 10.2 Å². The predicted octanol–water partition coefficient (Wildman–Crippen LogP) is 2.40. The zero-order valence-corrected chi connectivity index (χ0v) is 9.30. The lowest BCUT2D eigenvalue weighted by Gasteiger charge is -2.14. The van der Waals surface area contributed by atoms with Gasteiger partial charge in [0.05, 0.1) is 6.54 Å². The molecule has 0 fully saturated rings. The summed E-state index contributed by atoms with van der Waals surface area (Å²) in [6, 6.07) is 7.41. The fourth-order valence-corrected chi connectivity index (χ4v) is 1.29. The zero-order chi connectivity index (χ0) is 12.2. The van der Waals surface area contributed by atoms with Crippen LogP contribution in [0.1, 0.15) is 5.56 Å². The highest BCUT2D eigenvalue weighted by atomic mass is 19.4. The van der Waals surface area contributed by atoms with Crippen LogP contribution >= 0.6 is 0 Å². The van der Waals surface area contributed by atoms with Gasteiger partial charge in [-0.2, -0.15) is 13.2 Å². The molecule has 0 atom stereocenters. The minimum absolute atomic E-state index is 0.223. The Labute approximate surface area is 93.1 Å². The lowest BCUT2D eigenvalue weighted by atomic mass is 10.2. The number of anilines is 1. The number of benzene rings is 1. The molecule has 0 aliphatic carbocycles. The molecule has 0 amide bonds. The van der Waals surface area contributed by atoms with E-state index in [0.29, 0.717) is 0 Å². The number of hydrogen-bond donors (Lipinski definition) is 1. The van der Waals surface area contributed by atoms with E-state index in [4.69, 9.17) is 0 Å². The molecule has 90 valence electrons. The van der Waals surface area contributed by atoms with E-state index in [1.165, 1.54) is 0 Å². The maximum absolute atomic E-state index is 11.9. The summed E-state index contributed by atoms with van der Waals surface area (Å²) >= 11 is 0. The Hall–Kier alpha value is -1.23.